The summed E-state index contributed by atoms with van der Waals surface area (Å²) in [6, 6.07) is 9.30. The van der Waals surface area contributed by atoms with Crippen molar-refractivity contribution < 1.29 is 13.2 Å². The fourth-order valence-corrected chi connectivity index (χ4v) is 4.45. The van der Waals surface area contributed by atoms with Crippen molar-refractivity contribution in [2.45, 2.75) is 26.3 Å². The van der Waals surface area contributed by atoms with E-state index in [1.54, 1.807) is 13.0 Å². The van der Waals surface area contributed by atoms with E-state index in [0.717, 1.165) is 11.4 Å². The van der Waals surface area contributed by atoms with Gasteiger partial charge in [-0.05, 0) is 44.5 Å². The molecule has 2 aromatic rings. The van der Waals surface area contributed by atoms with Gasteiger partial charge in [-0.3, -0.25) is 0 Å². The summed E-state index contributed by atoms with van der Waals surface area (Å²) >= 11 is 0. The first-order valence-electron chi connectivity index (χ1n) is 8.26. The first-order valence-corrected chi connectivity index (χ1v) is 10.1. The van der Waals surface area contributed by atoms with Crippen molar-refractivity contribution in [3.05, 3.63) is 36.2 Å². The second-order valence-electron chi connectivity index (χ2n) is 6.01. The van der Waals surface area contributed by atoms with Gasteiger partial charge in [-0.1, -0.05) is 0 Å². The minimum atomic E-state index is -2.93. The van der Waals surface area contributed by atoms with Crippen LogP contribution in [0, 0.1) is 6.92 Å². The van der Waals surface area contributed by atoms with E-state index in [4.69, 9.17) is 4.74 Å². The first-order chi connectivity index (χ1) is 11.9. The van der Waals surface area contributed by atoms with Crippen molar-refractivity contribution in [1.29, 1.82) is 0 Å². The first kappa shape index (κ1) is 17.5. The highest BCUT2D eigenvalue weighted by Gasteiger charge is 2.28. The Morgan fingerprint density at radius 3 is 2.56 bits per heavy atom. The van der Waals surface area contributed by atoms with Gasteiger partial charge in [-0.25, -0.2) is 18.4 Å². The zero-order chi connectivity index (χ0) is 17.9. The number of benzene rings is 1. The van der Waals surface area contributed by atoms with Gasteiger partial charge in [0.05, 0.1) is 18.1 Å². The third-order valence-electron chi connectivity index (χ3n) is 3.86. The predicted molar refractivity (Wildman–Crippen MR) is 98.3 cm³/mol. The van der Waals surface area contributed by atoms with Crippen molar-refractivity contribution in [1.82, 2.24) is 9.97 Å². The van der Waals surface area contributed by atoms with Crippen LogP contribution in [0.4, 0.5) is 17.3 Å². The third kappa shape index (κ3) is 4.82. The van der Waals surface area contributed by atoms with E-state index in [1.165, 1.54) is 0 Å². The van der Waals surface area contributed by atoms with Gasteiger partial charge < -0.3 is 15.4 Å². The molecule has 0 bridgehead atoms. The summed E-state index contributed by atoms with van der Waals surface area (Å²) in [5.74, 6) is 3.09. The van der Waals surface area contributed by atoms with E-state index < -0.39 is 9.84 Å². The molecule has 2 heterocycles. The van der Waals surface area contributed by atoms with Gasteiger partial charge in [0.1, 0.15) is 23.2 Å². The Kier molecular flexibility index (Phi) is 5.08. The molecule has 0 spiro atoms. The zero-order valence-electron chi connectivity index (χ0n) is 14.3. The molecule has 1 saturated heterocycles. The van der Waals surface area contributed by atoms with Crippen LogP contribution >= 0.6 is 0 Å². The highest BCUT2D eigenvalue weighted by Crippen LogP contribution is 2.22. The maximum absolute atomic E-state index is 11.6. The Bertz CT molecular complexity index is 837. The Labute approximate surface area is 147 Å². The van der Waals surface area contributed by atoms with Crippen molar-refractivity contribution in [2.75, 3.05) is 28.7 Å². The van der Waals surface area contributed by atoms with Gasteiger partial charge in [0.15, 0.2) is 9.84 Å². The summed E-state index contributed by atoms with van der Waals surface area (Å²) in [5, 5.41) is 6.43. The highest BCUT2D eigenvalue weighted by atomic mass is 32.2. The second kappa shape index (κ2) is 7.26. The molecule has 1 aliphatic heterocycles. The summed E-state index contributed by atoms with van der Waals surface area (Å²) in [6.07, 6.45) is 0.604. The summed E-state index contributed by atoms with van der Waals surface area (Å²) < 4.78 is 28.6. The smallest absolute Gasteiger partial charge is 0.152 e. The Hall–Kier alpha value is -2.35. The number of hydrogen-bond acceptors (Lipinski definition) is 7. The van der Waals surface area contributed by atoms with E-state index in [0.29, 0.717) is 30.5 Å². The molecule has 0 aliphatic carbocycles. The standard InChI is InChI=1S/C17H22N4O3S/c1-3-24-15-6-4-13(5-7-15)20-16-10-17(19-12(2)18-16)21-14-8-9-25(22,23)11-14/h4-7,10,14H,3,8-9,11H2,1-2H3,(H2,18,19,20,21). The monoisotopic (exact) mass is 362 g/mol. The summed E-state index contributed by atoms with van der Waals surface area (Å²) in [4.78, 5) is 8.73. The zero-order valence-corrected chi connectivity index (χ0v) is 15.1. The van der Waals surface area contributed by atoms with Crippen LogP contribution in [0.5, 0.6) is 5.75 Å². The summed E-state index contributed by atoms with van der Waals surface area (Å²) in [7, 11) is -2.93. The van der Waals surface area contributed by atoms with Crippen LogP contribution < -0.4 is 15.4 Å². The van der Waals surface area contributed by atoms with E-state index in [9.17, 15) is 8.42 Å². The molecule has 8 heteroatoms. The fraction of sp³-hybridized carbons (Fsp3) is 0.412. The van der Waals surface area contributed by atoms with Gasteiger partial charge in [-0.15, -0.1) is 0 Å². The number of hydrogen-bond donors (Lipinski definition) is 2. The normalized spacial score (nSPS) is 18.7. The van der Waals surface area contributed by atoms with Crippen LogP contribution in [0.25, 0.3) is 0 Å². The maximum Gasteiger partial charge on any atom is 0.152 e. The molecule has 0 radical (unpaired) electrons. The number of rotatable bonds is 6. The lowest BCUT2D eigenvalue weighted by atomic mass is 10.2. The SMILES string of the molecule is CCOc1ccc(Nc2cc(NC3CCS(=O)(=O)C3)nc(C)n2)cc1. The van der Waals surface area contributed by atoms with E-state index in [1.807, 2.05) is 31.2 Å². The molecular formula is C17H22N4O3S. The van der Waals surface area contributed by atoms with Gasteiger partial charge >= 0.3 is 0 Å². The maximum atomic E-state index is 11.6. The number of aromatic nitrogens is 2. The minimum absolute atomic E-state index is 0.0994. The van der Waals surface area contributed by atoms with Crippen molar-refractivity contribution in [2.24, 2.45) is 0 Å². The van der Waals surface area contributed by atoms with Gasteiger partial charge in [0.2, 0.25) is 0 Å². The van der Waals surface area contributed by atoms with Crippen molar-refractivity contribution >= 4 is 27.2 Å². The van der Waals surface area contributed by atoms with Crippen LogP contribution in [0.2, 0.25) is 0 Å². The molecule has 0 saturated carbocycles. The van der Waals surface area contributed by atoms with Crippen LogP contribution in [-0.2, 0) is 9.84 Å². The predicted octanol–water partition coefficient (Wildman–Crippen LogP) is 2.53. The second-order valence-corrected chi connectivity index (χ2v) is 8.24. The molecule has 3 rings (SSSR count). The largest absolute Gasteiger partial charge is 0.494 e. The lowest BCUT2D eigenvalue weighted by molar-refractivity contribution is 0.340. The quantitative estimate of drug-likeness (QED) is 0.815. The van der Waals surface area contributed by atoms with Gasteiger partial charge in [-0.2, -0.15) is 0 Å². The highest BCUT2D eigenvalue weighted by molar-refractivity contribution is 7.91. The van der Waals surface area contributed by atoms with Crippen molar-refractivity contribution in [3.63, 3.8) is 0 Å². The number of ether oxygens (including phenoxy) is 1. The third-order valence-corrected chi connectivity index (χ3v) is 5.63. The van der Waals surface area contributed by atoms with Crippen LogP contribution in [0.15, 0.2) is 30.3 Å². The average molecular weight is 362 g/mol. The number of anilines is 3. The number of nitrogens with zero attached hydrogens (tertiary/aromatic N) is 2. The molecule has 1 atom stereocenters. The Morgan fingerprint density at radius 2 is 1.92 bits per heavy atom. The molecule has 1 aromatic heterocycles. The summed E-state index contributed by atoms with van der Waals surface area (Å²) in [6.45, 7) is 4.38. The summed E-state index contributed by atoms with van der Waals surface area (Å²) in [5.41, 5.74) is 0.885. The fourth-order valence-electron chi connectivity index (χ4n) is 2.77. The van der Waals surface area contributed by atoms with E-state index in [-0.39, 0.29) is 17.5 Å². The topological polar surface area (TPSA) is 93.2 Å². The number of sulfone groups is 1. The number of aryl methyl sites for hydroxylation is 1. The number of nitrogens with one attached hydrogen (secondary N) is 2. The van der Waals surface area contributed by atoms with Crippen LogP contribution in [0.1, 0.15) is 19.2 Å². The molecule has 0 amide bonds. The molecule has 7 nitrogen and oxygen atoms in total. The lowest BCUT2D eigenvalue weighted by Gasteiger charge is -2.14. The minimum Gasteiger partial charge on any atom is -0.494 e. The van der Waals surface area contributed by atoms with E-state index in [2.05, 4.69) is 20.6 Å². The molecule has 1 aromatic carbocycles. The molecule has 1 unspecified atom stereocenters. The van der Waals surface area contributed by atoms with Gasteiger partial charge in [0, 0.05) is 17.8 Å². The molecule has 1 aliphatic rings. The molecule has 25 heavy (non-hydrogen) atoms. The average Bonchev–Trinajstić information content (AvgIpc) is 2.88. The molecule has 134 valence electrons. The van der Waals surface area contributed by atoms with Crippen LogP contribution in [0.3, 0.4) is 0 Å². The Balaban J connectivity index is 1.70. The van der Waals surface area contributed by atoms with Crippen LogP contribution in [-0.4, -0.2) is 42.5 Å². The molecular weight excluding hydrogens is 340 g/mol. The van der Waals surface area contributed by atoms with Crippen molar-refractivity contribution in [3.8, 4) is 5.75 Å². The van der Waals surface area contributed by atoms with E-state index >= 15 is 0 Å². The Morgan fingerprint density at radius 1 is 1.20 bits per heavy atom. The van der Waals surface area contributed by atoms with Gasteiger partial charge in [0.25, 0.3) is 0 Å². The molecule has 1 fully saturated rings. The lowest BCUT2D eigenvalue weighted by Crippen LogP contribution is -2.21. The molecule has 2 N–H and O–H groups in total.